The van der Waals surface area contributed by atoms with Gasteiger partial charge in [0.15, 0.2) is 0 Å². The van der Waals surface area contributed by atoms with Crippen LogP contribution in [0.2, 0.25) is 0 Å². The van der Waals surface area contributed by atoms with Gasteiger partial charge in [0.2, 0.25) is 0 Å². The maximum absolute atomic E-state index is 4.35. The van der Waals surface area contributed by atoms with Gasteiger partial charge in [0.05, 0.1) is 0 Å². The van der Waals surface area contributed by atoms with Gasteiger partial charge in [-0.05, 0) is 25.9 Å². The van der Waals surface area contributed by atoms with Crippen molar-refractivity contribution in [3.63, 3.8) is 0 Å². The lowest BCUT2D eigenvalue weighted by atomic mass is 10.1. The van der Waals surface area contributed by atoms with Crippen molar-refractivity contribution in [3.05, 3.63) is 0 Å². The van der Waals surface area contributed by atoms with Crippen LogP contribution >= 0.6 is 0 Å². The molecule has 0 spiro atoms. The highest BCUT2D eigenvalue weighted by Crippen LogP contribution is 2.02. The Hall–Kier alpha value is -0.120. The van der Waals surface area contributed by atoms with Crippen LogP contribution in [0.25, 0.3) is 0 Å². The van der Waals surface area contributed by atoms with E-state index >= 15 is 0 Å². The van der Waals surface area contributed by atoms with Crippen molar-refractivity contribution >= 4 is 0 Å². The van der Waals surface area contributed by atoms with E-state index in [-0.39, 0.29) is 0 Å². The van der Waals surface area contributed by atoms with E-state index in [9.17, 15) is 0 Å². The molecule has 1 aliphatic rings. The molecule has 1 saturated heterocycles. The van der Waals surface area contributed by atoms with Crippen LogP contribution in [0.4, 0.5) is 0 Å². The largest absolute Gasteiger partial charge is 0.313 e. The van der Waals surface area contributed by atoms with E-state index in [4.69, 9.17) is 0 Å². The van der Waals surface area contributed by atoms with Gasteiger partial charge in [0, 0.05) is 32.2 Å². The zero-order valence-electron chi connectivity index (χ0n) is 9.63. The summed E-state index contributed by atoms with van der Waals surface area (Å²) in [4.78, 5) is 2.46. The predicted octanol–water partition coefficient (Wildman–Crippen LogP) is 0.685. The van der Waals surface area contributed by atoms with Crippen LogP contribution in [0.1, 0.15) is 26.7 Å². The molecule has 3 nitrogen and oxygen atoms in total. The summed E-state index contributed by atoms with van der Waals surface area (Å²) < 4.78 is 0. The Kier molecular flexibility index (Phi) is 6.15. The molecule has 3 heteroatoms. The second kappa shape index (κ2) is 7.21. The first-order chi connectivity index (χ1) is 6.86. The predicted molar refractivity (Wildman–Crippen MR) is 60.7 cm³/mol. The Labute approximate surface area is 88.2 Å². The molecule has 0 aromatic heterocycles. The topological polar surface area (TPSA) is 29.4 Å². The van der Waals surface area contributed by atoms with Gasteiger partial charge in [-0.25, -0.2) is 5.32 Å². The summed E-state index contributed by atoms with van der Waals surface area (Å²) in [6.07, 6.45) is 2.47. The van der Waals surface area contributed by atoms with E-state index in [1.807, 2.05) is 0 Å². The van der Waals surface area contributed by atoms with Crippen molar-refractivity contribution in [2.75, 3.05) is 39.3 Å². The molecule has 0 unspecified atom stereocenters. The monoisotopic (exact) mass is 198 g/mol. The summed E-state index contributed by atoms with van der Waals surface area (Å²) in [7, 11) is 0. The van der Waals surface area contributed by atoms with E-state index in [1.54, 1.807) is 0 Å². The summed E-state index contributed by atoms with van der Waals surface area (Å²) in [5, 5.41) is 7.97. The molecule has 1 aliphatic heterocycles. The van der Waals surface area contributed by atoms with Crippen LogP contribution < -0.4 is 10.6 Å². The minimum Gasteiger partial charge on any atom is -0.313 e. The lowest BCUT2D eigenvalue weighted by Gasteiger charge is -2.25. The van der Waals surface area contributed by atoms with Crippen LogP contribution in [0.3, 0.4) is 0 Å². The molecule has 0 saturated carbocycles. The molecule has 1 fully saturated rings. The zero-order valence-corrected chi connectivity index (χ0v) is 9.63. The Bertz CT molecular complexity index is 128. The van der Waals surface area contributed by atoms with Crippen LogP contribution in [0.5, 0.6) is 0 Å². The fourth-order valence-corrected chi connectivity index (χ4v) is 1.92. The molecule has 0 aromatic rings. The average molecular weight is 198 g/mol. The van der Waals surface area contributed by atoms with Gasteiger partial charge in [-0.1, -0.05) is 13.8 Å². The molecular formula is C11H24N3. The first-order valence-corrected chi connectivity index (χ1v) is 5.95. The highest BCUT2D eigenvalue weighted by Gasteiger charge is 2.12. The third-order valence-electron chi connectivity index (χ3n) is 3.03. The summed E-state index contributed by atoms with van der Waals surface area (Å²) in [6.45, 7) is 11.2. The Balaban J connectivity index is 2.01. The maximum atomic E-state index is 4.35. The normalized spacial score (nSPS) is 19.1. The minimum absolute atomic E-state index is 0.725. The molecular weight excluding hydrogens is 174 g/mol. The van der Waals surface area contributed by atoms with Crippen molar-refractivity contribution in [1.82, 2.24) is 15.5 Å². The number of hydrogen-bond donors (Lipinski definition) is 1. The number of hydrogen-bond acceptors (Lipinski definition) is 2. The molecule has 1 rings (SSSR count). The number of piperidine rings is 1. The third kappa shape index (κ3) is 4.40. The number of likely N-dealkylation sites (N-methyl/N-ethyl adjacent to an activating group) is 1. The van der Waals surface area contributed by atoms with Gasteiger partial charge in [-0.2, -0.15) is 0 Å². The Morgan fingerprint density at radius 1 is 1.21 bits per heavy atom. The number of nitrogens with zero attached hydrogens (tertiary/aromatic N) is 2. The molecule has 0 atom stereocenters. The zero-order chi connectivity index (χ0) is 10.2. The van der Waals surface area contributed by atoms with Gasteiger partial charge < -0.3 is 10.2 Å². The van der Waals surface area contributed by atoms with Gasteiger partial charge in [-0.3, -0.25) is 0 Å². The number of nitrogens with one attached hydrogen (secondary N) is 1. The van der Waals surface area contributed by atoms with E-state index in [2.05, 4.69) is 29.4 Å². The first kappa shape index (κ1) is 12.0. The molecule has 1 N–H and O–H groups in total. The molecule has 1 radical (unpaired) electrons. The lowest BCUT2D eigenvalue weighted by Crippen LogP contribution is -2.41. The summed E-state index contributed by atoms with van der Waals surface area (Å²) >= 11 is 0. The van der Waals surface area contributed by atoms with Gasteiger partial charge in [-0.15, -0.1) is 0 Å². The maximum Gasteiger partial charge on any atom is 0.0148 e. The first-order valence-electron chi connectivity index (χ1n) is 5.95. The molecule has 83 valence electrons. The van der Waals surface area contributed by atoms with Crippen LogP contribution in [-0.2, 0) is 0 Å². The molecule has 0 aromatic carbocycles. The van der Waals surface area contributed by atoms with E-state index < -0.39 is 0 Å². The van der Waals surface area contributed by atoms with Crippen LogP contribution in [-0.4, -0.2) is 50.2 Å². The molecule has 1 heterocycles. The van der Waals surface area contributed by atoms with Crippen molar-refractivity contribution in [3.8, 4) is 0 Å². The van der Waals surface area contributed by atoms with Gasteiger partial charge in [0.25, 0.3) is 0 Å². The smallest absolute Gasteiger partial charge is 0.0148 e. The molecule has 0 bridgehead atoms. The highest BCUT2D eigenvalue weighted by atomic mass is 15.1. The lowest BCUT2D eigenvalue weighted by molar-refractivity contribution is 0.286. The van der Waals surface area contributed by atoms with Crippen molar-refractivity contribution in [2.45, 2.75) is 32.7 Å². The van der Waals surface area contributed by atoms with Crippen LogP contribution in [0.15, 0.2) is 0 Å². The molecule has 0 amide bonds. The summed E-state index contributed by atoms with van der Waals surface area (Å²) in [5.74, 6) is 0. The molecule has 14 heavy (non-hydrogen) atoms. The van der Waals surface area contributed by atoms with E-state index in [1.165, 1.54) is 19.4 Å². The fraction of sp³-hybridized carbons (Fsp3) is 1.00. The summed E-state index contributed by atoms with van der Waals surface area (Å²) in [5.41, 5.74) is 0. The second-order valence-electron chi connectivity index (χ2n) is 3.93. The Morgan fingerprint density at radius 3 is 2.43 bits per heavy atom. The van der Waals surface area contributed by atoms with E-state index in [0.29, 0.717) is 0 Å². The van der Waals surface area contributed by atoms with Crippen LogP contribution in [0, 0.1) is 0 Å². The van der Waals surface area contributed by atoms with E-state index in [0.717, 1.165) is 38.8 Å². The quantitative estimate of drug-likeness (QED) is 0.680. The average Bonchev–Trinajstić information content (AvgIpc) is 2.26. The second-order valence-corrected chi connectivity index (χ2v) is 3.93. The Morgan fingerprint density at radius 2 is 1.86 bits per heavy atom. The SMILES string of the molecule is CCN(CC)CCNC1CC[N]CC1. The molecule has 0 aliphatic carbocycles. The van der Waals surface area contributed by atoms with Gasteiger partial charge >= 0.3 is 0 Å². The minimum atomic E-state index is 0.725. The number of rotatable bonds is 6. The van der Waals surface area contributed by atoms with Crippen molar-refractivity contribution in [2.24, 2.45) is 0 Å². The van der Waals surface area contributed by atoms with Gasteiger partial charge in [0.1, 0.15) is 0 Å². The third-order valence-corrected chi connectivity index (χ3v) is 3.03. The summed E-state index contributed by atoms with van der Waals surface area (Å²) in [6, 6.07) is 0.725. The highest BCUT2D eigenvalue weighted by molar-refractivity contribution is 4.74. The fourth-order valence-electron chi connectivity index (χ4n) is 1.92. The standard InChI is InChI=1S/C11H24N3/c1-3-14(4-2)10-9-13-11-5-7-12-8-6-11/h11,13H,3-10H2,1-2H3. The van der Waals surface area contributed by atoms with Crippen molar-refractivity contribution < 1.29 is 0 Å². The van der Waals surface area contributed by atoms with Crippen molar-refractivity contribution in [1.29, 1.82) is 0 Å².